The summed E-state index contributed by atoms with van der Waals surface area (Å²) in [7, 11) is 2.57. The highest BCUT2D eigenvalue weighted by molar-refractivity contribution is 7.16. The molecule has 46 heavy (non-hydrogen) atoms. The van der Waals surface area contributed by atoms with Gasteiger partial charge in [-0.15, -0.1) is 9.24 Å². The number of benzene rings is 3. The number of anilines is 2. The molecular formula is C38H44N3O3PSi. The Balaban J connectivity index is 1.34. The normalized spacial score (nSPS) is 17.5. The molecule has 0 bridgehead atoms. The van der Waals surface area contributed by atoms with E-state index in [-0.39, 0.29) is 17.4 Å². The number of fused-ring (bicyclic) bond motifs is 2. The van der Waals surface area contributed by atoms with Crippen LogP contribution in [0.25, 0.3) is 5.57 Å². The Morgan fingerprint density at radius 3 is 2.30 bits per heavy atom. The van der Waals surface area contributed by atoms with E-state index in [1.54, 1.807) is 18.2 Å². The van der Waals surface area contributed by atoms with Gasteiger partial charge in [-0.25, -0.2) is 0 Å². The number of phenolic OH excluding ortho intramolecular Hbond substituents is 1. The average Bonchev–Trinajstić information content (AvgIpc) is 3.06. The summed E-state index contributed by atoms with van der Waals surface area (Å²) in [5.41, 5.74) is 8.30. The van der Waals surface area contributed by atoms with Gasteiger partial charge in [-0.3, -0.25) is 14.5 Å². The highest BCUT2D eigenvalue weighted by atomic mass is 31.0. The standard InChI is InChI=1S/C38H44N3O3PSi/c1-26-23-27(38(44)41-20-18-40(19-21-41)17-5-6-22-45)7-14-32(26)37-33-15-10-29(39(2)28-8-11-30(42)12-9-28)24-35(33)46(3,4)36-25-31(43)13-16-34(36)37/h7-16,23-25,42H,5-6,17-22,45H2,1-4H3. The third-order valence-corrected chi connectivity index (χ3v) is 13.8. The quantitative estimate of drug-likeness (QED) is 0.179. The summed E-state index contributed by atoms with van der Waals surface area (Å²) >= 11 is 0. The van der Waals surface area contributed by atoms with E-state index < -0.39 is 8.07 Å². The zero-order valence-corrected chi connectivity index (χ0v) is 29.5. The summed E-state index contributed by atoms with van der Waals surface area (Å²) in [6.45, 7) is 11.2. The largest absolute Gasteiger partial charge is 0.508 e. The van der Waals surface area contributed by atoms with Crippen LogP contribution in [0.2, 0.25) is 13.1 Å². The van der Waals surface area contributed by atoms with Crippen molar-refractivity contribution in [1.29, 1.82) is 0 Å². The smallest absolute Gasteiger partial charge is 0.253 e. The summed E-state index contributed by atoms with van der Waals surface area (Å²) in [4.78, 5) is 32.9. The molecule has 0 aromatic heterocycles. The van der Waals surface area contributed by atoms with Crippen LogP contribution in [0.3, 0.4) is 0 Å². The molecule has 3 aromatic rings. The van der Waals surface area contributed by atoms with E-state index in [0.717, 1.165) is 83.3 Å². The topological polar surface area (TPSA) is 64.1 Å². The van der Waals surface area contributed by atoms with Crippen molar-refractivity contribution in [3.05, 3.63) is 112 Å². The maximum atomic E-state index is 13.6. The van der Waals surface area contributed by atoms with Gasteiger partial charge in [-0.05, 0) is 131 Å². The molecule has 1 unspecified atom stereocenters. The van der Waals surface area contributed by atoms with E-state index in [1.165, 1.54) is 23.6 Å². The van der Waals surface area contributed by atoms with Gasteiger partial charge in [-0.2, -0.15) is 0 Å². The maximum absolute atomic E-state index is 13.6. The van der Waals surface area contributed by atoms with Crippen molar-refractivity contribution in [3.63, 3.8) is 0 Å². The van der Waals surface area contributed by atoms with E-state index in [4.69, 9.17) is 0 Å². The first-order chi connectivity index (χ1) is 22.1. The van der Waals surface area contributed by atoms with E-state index >= 15 is 0 Å². The second-order valence-electron chi connectivity index (χ2n) is 13.2. The lowest BCUT2D eigenvalue weighted by atomic mass is 9.87. The number of hydrogen-bond acceptors (Lipinski definition) is 5. The predicted octanol–water partition coefficient (Wildman–Crippen LogP) is 6.22. The van der Waals surface area contributed by atoms with E-state index in [2.05, 4.69) is 63.3 Å². The fourth-order valence-electron chi connectivity index (χ4n) is 7.05. The van der Waals surface area contributed by atoms with E-state index in [1.807, 2.05) is 48.4 Å². The SMILES string of the molecule is Cc1cc(C(=O)N2CCN(CCCCP)CC2)ccc1C1=C2C=CC(=O)C=C2[Si](C)(C)c2cc(N(C)c3ccc(O)cc3)ccc21. The van der Waals surface area contributed by atoms with Gasteiger partial charge >= 0.3 is 0 Å². The minimum Gasteiger partial charge on any atom is -0.508 e. The Labute approximate surface area is 276 Å². The molecule has 238 valence electrons. The van der Waals surface area contributed by atoms with Gasteiger partial charge in [0.1, 0.15) is 13.8 Å². The predicted molar refractivity (Wildman–Crippen MR) is 195 cm³/mol. The number of unbranched alkanes of at least 4 members (excludes halogenated alkanes) is 1. The number of allylic oxidation sites excluding steroid dienone is 5. The van der Waals surface area contributed by atoms with E-state index in [9.17, 15) is 14.7 Å². The molecule has 0 saturated carbocycles. The highest BCUT2D eigenvalue weighted by Crippen LogP contribution is 2.43. The number of aryl methyl sites for hydroxylation is 1. The van der Waals surface area contributed by atoms with Crippen LogP contribution in [0.1, 0.15) is 39.9 Å². The molecule has 2 aliphatic heterocycles. The van der Waals surface area contributed by atoms with Gasteiger partial charge in [0, 0.05) is 50.2 Å². The van der Waals surface area contributed by atoms with Crippen LogP contribution in [0.15, 0.2) is 89.7 Å². The second-order valence-corrected chi connectivity index (χ2v) is 18.1. The Hall–Kier alpha value is -3.77. The van der Waals surface area contributed by atoms with Crippen LogP contribution in [0, 0.1) is 6.92 Å². The number of hydrogen-bond donors (Lipinski definition) is 1. The molecule has 6 rings (SSSR count). The van der Waals surface area contributed by atoms with Crippen molar-refractivity contribution in [3.8, 4) is 5.75 Å². The van der Waals surface area contributed by atoms with Crippen molar-refractivity contribution >= 4 is 51.1 Å². The summed E-state index contributed by atoms with van der Waals surface area (Å²) in [5, 5.41) is 12.2. The number of rotatable bonds is 8. The molecule has 3 aromatic carbocycles. The summed E-state index contributed by atoms with van der Waals surface area (Å²) in [6.07, 6.45) is 9.08. The van der Waals surface area contributed by atoms with Crippen LogP contribution in [-0.2, 0) is 4.79 Å². The molecule has 1 amide bonds. The lowest BCUT2D eigenvalue weighted by molar-refractivity contribution is -0.110. The summed E-state index contributed by atoms with van der Waals surface area (Å²) in [5.74, 6) is 0.366. The van der Waals surface area contributed by atoms with Crippen molar-refractivity contribution in [2.24, 2.45) is 0 Å². The summed E-state index contributed by atoms with van der Waals surface area (Å²) in [6, 6.07) is 20.0. The van der Waals surface area contributed by atoms with Crippen molar-refractivity contribution in [2.75, 3.05) is 50.8 Å². The Morgan fingerprint density at radius 2 is 1.61 bits per heavy atom. The van der Waals surface area contributed by atoms with Crippen LogP contribution >= 0.6 is 9.24 Å². The third-order valence-electron chi connectivity index (χ3n) is 9.83. The molecule has 1 saturated heterocycles. The monoisotopic (exact) mass is 649 g/mol. The number of carbonyl (C=O) groups excluding carboxylic acids is 2. The van der Waals surface area contributed by atoms with Crippen molar-refractivity contribution in [1.82, 2.24) is 9.80 Å². The first-order valence-corrected chi connectivity index (χ1v) is 20.1. The van der Waals surface area contributed by atoms with E-state index in [0.29, 0.717) is 0 Å². The Morgan fingerprint density at radius 1 is 0.913 bits per heavy atom. The zero-order valence-electron chi connectivity index (χ0n) is 27.3. The molecular weight excluding hydrogens is 605 g/mol. The highest BCUT2D eigenvalue weighted by Gasteiger charge is 2.40. The molecule has 3 aliphatic rings. The number of amides is 1. The average molecular weight is 650 g/mol. The Kier molecular flexibility index (Phi) is 9.20. The zero-order chi connectivity index (χ0) is 32.6. The van der Waals surface area contributed by atoms with Gasteiger partial charge in [0.25, 0.3) is 5.91 Å². The second kappa shape index (κ2) is 13.1. The third kappa shape index (κ3) is 6.16. The lowest BCUT2D eigenvalue weighted by Crippen LogP contribution is -2.49. The maximum Gasteiger partial charge on any atom is 0.253 e. The minimum atomic E-state index is -2.26. The molecule has 0 radical (unpaired) electrons. The number of ketones is 1. The first-order valence-electron chi connectivity index (χ1n) is 16.3. The number of aromatic hydroxyl groups is 1. The van der Waals surface area contributed by atoms with Gasteiger partial charge in [0.2, 0.25) is 0 Å². The van der Waals surface area contributed by atoms with Gasteiger partial charge in [0.05, 0.1) is 0 Å². The molecule has 1 N–H and O–H groups in total. The fraction of sp³-hybridized carbons (Fsp3) is 0.316. The molecule has 2 heterocycles. The molecule has 8 heteroatoms. The Bertz CT molecular complexity index is 1770. The van der Waals surface area contributed by atoms with Crippen LogP contribution < -0.4 is 10.1 Å². The van der Waals surface area contributed by atoms with Crippen LogP contribution in [-0.4, -0.2) is 80.6 Å². The van der Waals surface area contributed by atoms with Crippen molar-refractivity contribution < 1.29 is 14.7 Å². The van der Waals surface area contributed by atoms with Crippen LogP contribution in [0.4, 0.5) is 11.4 Å². The van der Waals surface area contributed by atoms with Crippen molar-refractivity contribution in [2.45, 2.75) is 32.9 Å². The molecule has 0 spiro atoms. The molecule has 6 nitrogen and oxygen atoms in total. The number of carbonyl (C=O) groups is 2. The fourth-order valence-corrected chi connectivity index (χ4v) is 10.4. The number of piperazine rings is 1. The minimum absolute atomic E-state index is 0.0293. The molecule has 1 fully saturated rings. The lowest BCUT2D eigenvalue weighted by Gasteiger charge is -2.38. The van der Waals surface area contributed by atoms with Gasteiger partial charge in [-0.1, -0.05) is 31.3 Å². The molecule has 1 aliphatic carbocycles. The van der Waals surface area contributed by atoms with Crippen LogP contribution in [0.5, 0.6) is 5.75 Å². The van der Waals surface area contributed by atoms with Gasteiger partial charge in [0.15, 0.2) is 5.78 Å². The number of phenols is 1. The summed E-state index contributed by atoms with van der Waals surface area (Å²) < 4.78 is 0. The number of nitrogens with zero attached hydrogens (tertiary/aromatic N) is 3. The molecule has 1 atom stereocenters. The van der Waals surface area contributed by atoms with Gasteiger partial charge < -0.3 is 14.9 Å². The first kappa shape index (κ1) is 32.2.